The van der Waals surface area contributed by atoms with E-state index >= 15 is 0 Å². The zero-order chi connectivity index (χ0) is 28.0. The number of aromatic nitrogens is 1. The molecule has 37 heavy (non-hydrogen) atoms. The second-order valence-corrected chi connectivity index (χ2v) is 21.3. The Hall–Kier alpha value is -0.900. The van der Waals surface area contributed by atoms with Crippen LogP contribution < -0.4 is 0 Å². The van der Waals surface area contributed by atoms with Crippen LogP contribution in [0, 0.1) is 0 Å². The molecule has 0 fully saturated rings. The van der Waals surface area contributed by atoms with E-state index in [-0.39, 0.29) is 26.7 Å². The van der Waals surface area contributed by atoms with Crippen molar-refractivity contribution in [2.75, 3.05) is 0 Å². The average molecular weight is 540 g/mol. The third kappa shape index (κ3) is 6.82. The topological polar surface area (TPSA) is 15.8 Å². The van der Waals surface area contributed by atoms with Crippen LogP contribution in [0.3, 0.4) is 0 Å². The lowest BCUT2D eigenvalue weighted by atomic mass is 9.83. The molecule has 3 aromatic rings. The lowest BCUT2D eigenvalue weighted by molar-refractivity contribution is 0.590. The first-order valence-electron chi connectivity index (χ1n) is 14.6. The number of hydrogen-bond donors (Lipinski definition) is 1. The van der Waals surface area contributed by atoms with Gasteiger partial charge in [0.1, 0.15) is 0 Å². The molecule has 0 unspecified atom stereocenters. The van der Waals surface area contributed by atoms with E-state index < -0.39 is 0 Å². The van der Waals surface area contributed by atoms with Crippen molar-refractivity contribution in [2.24, 2.45) is 0 Å². The molecule has 0 atom stereocenters. The van der Waals surface area contributed by atoms with Crippen molar-refractivity contribution < 1.29 is 0 Å². The zero-order valence-electron chi connectivity index (χ0n) is 26.4. The van der Waals surface area contributed by atoms with E-state index in [2.05, 4.69) is 126 Å². The number of hydrogen-bond acceptors (Lipinski definition) is 0. The predicted molar refractivity (Wildman–Crippen MR) is 175 cm³/mol. The van der Waals surface area contributed by atoms with Crippen LogP contribution in [0.1, 0.15) is 119 Å². The molecule has 1 N–H and O–H groups in total. The van der Waals surface area contributed by atoms with Gasteiger partial charge in [0.25, 0.3) is 0 Å². The van der Waals surface area contributed by atoms with Crippen LogP contribution in [0.2, 0.25) is 0 Å². The Labute approximate surface area is 231 Å². The summed E-state index contributed by atoms with van der Waals surface area (Å²) >= 11 is 0. The molecule has 1 aromatic heterocycles. The maximum Gasteiger partial charge on any atom is 0.0501 e. The Morgan fingerprint density at radius 2 is 0.838 bits per heavy atom. The lowest BCUT2D eigenvalue weighted by Crippen LogP contribution is -2.12. The molecule has 0 saturated carbocycles. The summed E-state index contributed by atoms with van der Waals surface area (Å²) in [4.78, 5) is 4.06. The number of aromatic amines is 1. The maximum atomic E-state index is 4.06. The Kier molecular flexibility index (Phi) is 9.36. The molecule has 3 heteroatoms. The molecule has 1 nitrogen and oxygen atoms in total. The van der Waals surface area contributed by atoms with Crippen LogP contribution in [-0.2, 0) is 23.2 Å². The third-order valence-corrected chi connectivity index (χ3v) is 14.8. The lowest BCUT2D eigenvalue weighted by Gasteiger charge is -2.27. The quantitative estimate of drug-likeness (QED) is 0.274. The summed E-state index contributed by atoms with van der Waals surface area (Å²) in [5, 5.41) is 2.87. The summed E-state index contributed by atoms with van der Waals surface area (Å²) in [6, 6.07) is 10.1. The minimum absolute atomic E-state index is 0.0861. The van der Waals surface area contributed by atoms with Gasteiger partial charge in [0, 0.05) is 10.8 Å². The van der Waals surface area contributed by atoms with Gasteiger partial charge in [0.05, 0.1) is 11.0 Å². The second-order valence-electron chi connectivity index (χ2n) is 14.5. The molecule has 3 rings (SSSR count). The molecule has 1 heterocycles. The normalized spacial score (nSPS) is 13.7. The highest BCUT2D eigenvalue weighted by molar-refractivity contribution is 7.58. The molecule has 0 aliphatic carbocycles. The predicted octanol–water partition coefficient (Wildman–Crippen LogP) is 11.5. The van der Waals surface area contributed by atoms with E-state index in [4.69, 9.17) is 0 Å². The first kappa shape index (κ1) is 30.6. The maximum absolute atomic E-state index is 4.06. The van der Waals surface area contributed by atoms with Crippen LogP contribution in [0.4, 0.5) is 0 Å². The summed E-state index contributed by atoms with van der Waals surface area (Å²) in [5.74, 6) is 0. The number of benzene rings is 2. The van der Waals surface area contributed by atoms with Gasteiger partial charge >= 0.3 is 0 Å². The molecule has 0 bridgehead atoms. The van der Waals surface area contributed by atoms with Crippen LogP contribution >= 0.6 is 15.8 Å². The van der Waals surface area contributed by atoms with Crippen molar-refractivity contribution in [3.05, 3.63) is 46.5 Å². The monoisotopic (exact) mass is 539 g/mol. The van der Waals surface area contributed by atoms with Crippen molar-refractivity contribution in [3.8, 4) is 0 Å². The smallest absolute Gasteiger partial charge is 0.0501 e. The number of rotatable bonds is 8. The van der Waals surface area contributed by atoms with E-state index in [1.807, 2.05) is 0 Å². The Bertz CT molecular complexity index is 1100. The molecule has 0 saturated heterocycles. The van der Waals surface area contributed by atoms with Gasteiger partial charge < -0.3 is 4.98 Å². The van der Waals surface area contributed by atoms with E-state index in [1.54, 1.807) is 0 Å². The van der Waals surface area contributed by atoms with Gasteiger partial charge in [-0.2, -0.15) is 0 Å². The molecular weight excluding hydrogens is 484 g/mol. The first-order valence-corrected chi connectivity index (χ1v) is 17.9. The van der Waals surface area contributed by atoms with Crippen molar-refractivity contribution in [1.82, 2.24) is 4.98 Å². The van der Waals surface area contributed by atoms with E-state index in [0.29, 0.717) is 0 Å². The van der Waals surface area contributed by atoms with Gasteiger partial charge in [-0.15, -0.1) is 0 Å². The molecule has 0 aliphatic rings. The SMILES string of the molecule is CC(C)P(Cc1cc(C(C)(C)C)cc2c1[nH]c1c(CP(C(C)C)C(C)C)cc(C(C)(C)C)cc12)C(C)C. The van der Waals surface area contributed by atoms with E-state index in [0.717, 1.165) is 22.6 Å². The van der Waals surface area contributed by atoms with E-state index in [9.17, 15) is 0 Å². The summed E-state index contributed by atoms with van der Waals surface area (Å²) in [6.45, 7) is 33.6. The number of H-pyrrole nitrogens is 1. The van der Waals surface area contributed by atoms with Gasteiger partial charge in [-0.05, 0) is 80.2 Å². The number of fused-ring (bicyclic) bond motifs is 3. The van der Waals surface area contributed by atoms with Gasteiger partial charge in [0.15, 0.2) is 0 Å². The van der Waals surface area contributed by atoms with Gasteiger partial charge in [-0.1, -0.05) is 125 Å². The molecule has 2 aromatic carbocycles. The van der Waals surface area contributed by atoms with Crippen molar-refractivity contribution in [1.29, 1.82) is 0 Å². The molecule has 206 valence electrons. The second kappa shape index (κ2) is 11.3. The van der Waals surface area contributed by atoms with Crippen LogP contribution in [0.25, 0.3) is 21.8 Å². The molecule has 0 amide bonds. The highest BCUT2D eigenvalue weighted by atomic mass is 31.1. The minimum Gasteiger partial charge on any atom is -0.354 e. The fraction of sp³-hybridized carbons (Fsp3) is 0.647. The third-order valence-electron chi connectivity index (χ3n) is 8.07. The van der Waals surface area contributed by atoms with Crippen molar-refractivity contribution in [2.45, 2.75) is 143 Å². The molecule has 0 radical (unpaired) electrons. The Morgan fingerprint density at radius 3 is 1.08 bits per heavy atom. The van der Waals surface area contributed by atoms with Gasteiger partial charge in [0.2, 0.25) is 0 Å². The summed E-state index contributed by atoms with van der Waals surface area (Å²) in [5.41, 5.74) is 12.0. The highest BCUT2D eigenvalue weighted by Crippen LogP contribution is 2.52. The molecule has 0 spiro atoms. The number of nitrogens with one attached hydrogen (secondary N) is 1. The van der Waals surface area contributed by atoms with Gasteiger partial charge in [-0.25, -0.2) is 0 Å². The first-order chi connectivity index (χ1) is 16.9. The van der Waals surface area contributed by atoms with Crippen LogP contribution in [0.15, 0.2) is 24.3 Å². The summed E-state index contributed by atoms with van der Waals surface area (Å²) in [6.07, 6.45) is 2.40. The van der Waals surface area contributed by atoms with Crippen LogP contribution in [-0.4, -0.2) is 27.6 Å². The average Bonchev–Trinajstić information content (AvgIpc) is 3.12. The highest BCUT2D eigenvalue weighted by Gasteiger charge is 2.26. The van der Waals surface area contributed by atoms with Crippen molar-refractivity contribution in [3.63, 3.8) is 0 Å². The largest absolute Gasteiger partial charge is 0.354 e. The summed E-state index contributed by atoms with van der Waals surface area (Å²) in [7, 11) is -0.172. The van der Waals surface area contributed by atoms with Crippen molar-refractivity contribution >= 4 is 37.6 Å². The molecular formula is C34H55NP2. The fourth-order valence-electron chi connectivity index (χ4n) is 5.68. The fourth-order valence-corrected chi connectivity index (χ4v) is 10.8. The molecule has 0 aliphatic heterocycles. The zero-order valence-corrected chi connectivity index (χ0v) is 28.2. The summed E-state index contributed by atoms with van der Waals surface area (Å²) < 4.78 is 0. The Morgan fingerprint density at radius 1 is 0.541 bits per heavy atom. The van der Waals surface area contributed by atoms with Gasteiger partial charge in [-0.3, -0.25) is 0 Å². The van der Waals surface area contributed by atoms with Crippen LogP contribution in [0.5, 0.6) is 0 Å². The standard InChI is InChI=1S/C34H55NP2/c1-21(2)36(22(3)4)19-25-15-27(33(9,10)11)17-29-30-18-28(34(12,13)14)16-26(32(30)35-31(25)29)20-37(23(5)6)24(7)8/h15-18,21-24,35H,19-20H2,1-14H3. The minimum atomic E-state index is -0.0861. The Balaban J connectivity index is 2.39. The van der Waals surface area contributed by atoms with E-state index in [1.165, 1.54) is 56.4 Å².